The standard InChI is InChI=1S/C35H60N6O7S/c1-13-16-36-30(44)27(42)23(17-21-14-15-21)37-29(43)26-25-22(35(25,10)11)18-40(26)31(45)28(34(7,8)9)39-32(46)38-24(33(4,5)6)19-41(20(2)3)49(12,47)48/h13,20-26,28H,1,14-19H2,2-12H3,(H,36,44)(H,37,43)(H2,38,39,46)/t22-,23+,24+,25-,26-,28+/m0/s1. The number of nitrogens with zero attached hydrogens (tertiary/aromatic N) is 2. The molecule has 6 atom stereocenters. The SMILES string of the molecule is C=CCNC(=O)C(=O)[C@@H](CC1CC1)NC(=O)[C@@H]1[C@@H]2[C@H](CN1C(=O)[C@@H](NC(=O)N[C@H](CN(C(C)C)S(C)(=O)=O)C(C)(C)C)C(C)(C)C)C2(C)C. The van der Waals surface area contributed by atoms with Gasteiger partial charge in [-0.1, -0.05) is 74.3 Å². The summed E-state index contributed by atoms with van der Waals surface area (Å²) in [4.78, 5) is 69.3. The fraction of sp³-hybridized carbons (Fsp3) is 0.800. The zero-order valence-electron chi connectivity index (χ0n) is 31.3. The van der Waals surface area contributed by atoms with Gasteiger partial charge in [-0.15, -0.1) is 6.58 Å². The summed E-state index contributed by atoms with van der Waals surface area (Å²) in [5, 5.41) is 11.1. The third kappa shape index (κ3) is 9.83. The Kier molecular flexibility index (Phi) is 12.1. The molecule has 0 aromatic rings. The molecular weight excluding hydrogens is 648 g/mol. The number of hydrogen-bond donors (Lipinski definition) is 4. The molecule has 278 valence electrons. The zero-order chi connectivity index (χ0) is 37.4. The van der Waals surface area contributed by atoms with Gasteiger partial charge in [-0.3, -0.25) is 19.2 Å². The van der Waals surface area contributed by atoms with Crippen LogP contribution in [0.5, 0.6) is 0 Å². The lowest BCUT2D eigenvalue weighted by Gasteiger charge is -2.39. The molecule has 0 unspecified atom stereocenters. The van der Waals surface area contributed by atoms with E-state index in [0.29, 0.717) is 13.0 Å². The van der Waals surface area contributed by atoms with Crippen LogP contribution in [0.3, 0.4) is 0 Å². The molecule has 5 amide bonds. The summed E-state index contributed by atoms with van der Waals surface area (Å²) in [6, 6.07) is -4.49. The summed E-state index contributed by atoms with van der Waals surface area (Å²) in [5.41, 5.74) is -1.50. The molecule has 49 heavy (non-hydrogen) atoms. The van der Waals surface area contributed by atoms with E-state index in [-0.39, 0.29) is 42.3 Å². The minimum Gasteiger partial charge on any atom is -0.346 e. The molecule has 1 heterocycles. The topological polar surface area (TPSA) is 174 Å². The van der Waals surface area contributed by atoms with Crippen molar-refractivity contribution in [3.63, 3.8) is 0 Å². The van der Waals surface area contributed by atoms with Gasteiger partial charge in [-0.05, 0) is 54.3 Å². The maximum Gasteiger partial charge on any atom is 0.315 e. The Morgan fingerprint density at radius 3 is 2.04 bits per heavy atom. The van der Waals surface area contributed by atoms with Gasteiger partial charge in [0.05, 0.1) is 12.3 Å². The number of likely N-dealkylation sites (tertiary alicyclic amines) is 1. The lowest BCUT2D eigenvalue weighted by atomic mass is 9.85. The van der Waals surface area contributed by atoms with Crippen molar-refractivity contribution in [3.8, 4) is 0 Å². The van der Waals surface area contributed by atoms with Gasteiger partial charge in [-0.2, -0.15) is 4.31 Å². The predicted octanol–water partition coefficient (Wildman–Crippen LogP) is 2.42. The normalized spacial score (nSPS) is 23.6. The van der Waals surface area contributed by atoms with Gasteiger partial charge in [0.15, 0.2) is 0 Å². The van der Waals surface area contributed by atoms with Crippen LogP contribution in [-0.4, -0.2) is 103 Å². The van der Waals surface area contributed by atoms with Crippen molar-refractivity contribution in [1.82, 2.24) is 30.5 Å². The first kappa shape index (κ1) is 40.4. The number of ketones is 1. The molecule has 4 N–H and O–H groups in total. The molecule has 13 nitrogen and oxygen atoms in total. The van der Waals surface area contributed by atoms with Gasteiger partial charge in [-0.25, -0.2) is 13.2 Å². The van der Waals surface area contributed by atoms with Gasteiger partial charge in [0.25, 0.3) is 5.91 Å². The summed E-state index contributed by atoms with van der Waals surface area (Å²) in [5.74, 6) is -2.29. The van der Waals surface area contributed by atoms with E-state index in [1.54, 1.807) is 13.8 Å². The lowest BCUT2D eigenvalue weighted by Crippen LogP contribution is -2.63. The number of urea groups is 1. The second-order valence-electron chi connectivity index (χ2n) is 17.3. The minimum absolute atomic E-state index is 0.0424. The van der Waals surface area contributed by atoms with Crippen molar-refractivity contribution >= 4 is 39.6 Å². The molecule has 14 heteroatoms. The Hall–Kier alpha value is -3.00. The van der Waals surface area contributed by atoms with Gasteiger partial charge < -0.3 is 26.2 Å². The Bertz CT molecular complexity index is 1410. The maximum atomic E-state index is 14.4. The van der Waals surface area contributed by atoms with E-state index in [2.05, 4.69) is 41.7 Å². The summed E-state index contributed by atoms with van der Waals surface area (Å²) in [6.45, 7) is 22.8. The van der Waals surface area contributed by atoms with Gasteiger partial charge in [0.1, 0.15) is 12.1 Å². The molecule has 3 aliphatic rings. The van der Waals surface area contributed by atoms with Crippen molar-refractivity contribution in [2.24, 2.45) is 34.0 Å². The maximum absolute atomic E-state index is 14.4. The van der Waals surface area contributed by atoms with Crippen LogP contribution >= 0.6 is 0 Å². The number of nitrogens with one attached hydrogen (secondary N) is 4. The largest absolute Gasteiger partial charge is 0.346 e. The van der Waals surface area contributed by atoms with Crippen molar-refractivity contribution < 1.29 is 32.4 Å². The second-order valence-corrected chi connectivity index (χ2v) is 19.2. The van der Waals surface area contributed by atoms with Crippen LogP contribution in [-0.2, 0) is 29.2 Å². The van der Waals surface area contributed by atoms with Crippen LogP contribution in [0.2, 0.25) is 0 Å². The van der Waals surface area contributed by atoms with Crippen LogP contribution in [0.25, 0.3) is 0 Å². The quantitative estimate of drug-likeness (QED) is 0.149. The Morgan fingerprint density at radius 2 is 1.57 bits per heavy atom. The zero-order valence-corrected chi connectivity index (χ0v) is 32.1. The summed E-state index contributed by atoms with van der Waals surface area (Å²) in [6.07, 6.45) is 4.79. The van der Waals surface area contributed by atoms with Gasteiger partial charge in [0.2, 0.25) is 27.6 Å². The first-order valence-electron chi connectivity index (χ1n) is 17.4. The molecule has 0 bridgehead atoms. The Morgan fingerprint density at radius 1 is 0.980 bits per heavy atom. The fourth-order valence-electron chi connectivity index (χ4n) is 6.99. The number of Topliss-reactive ketones (excluding diaryl/α,β-unsaturated/α-hetero) is 1. The minimum atomic E-state index is -3.56. The third-order valence-electron chi connectivity index (χ3n) is 10.4. The number of piperidine rings is 1. The van der Waals surface area contributed by atoms with Crippen LogP contribution < -0.4 is 21.3 Å². The van der Waals surface area contributed by atoms with Crippen LogP contribution in [0, 0.1) is 34.0 Å². The van der Waals surface area contributed by atoms with E-state index in [4.69, 9.17) is 0 Å². The average molecular weight is 709 g/mol. The molecule has 1 aliphatic heterocycles. The van der Waals surface area contributed by atoms with Crippen LogP contribution in [0.15, 0.2) is 12.7 Å². The molecule has 3 rings (SSSR count). The lowest BCUT2D eigenvalue weighted by molar-refractivity contribution is -0.145. The van der Waals surface area contributed by atoms with E-state index in [1.165, 1.54) is 15.3 Å². The Labute approximate surface area is 293 Å². The number of amides is 5. The molecule has 1 saturated heterocycles. The smallest absolute Gasteiger partial charge is 0.315 e. The highest BCUT2D eigenvalue weighted by Crippen LogP contribution is 2.65. The molecular formula is C35H60N6O7S. The van der Waals surface area contributed by atoms with Crippen molar-refractivity contribution in [1.29, 1.82) is 0 Å². The van der Waals surface area contributed by atoms with Crippen molar-refractivity contribution in [3.05, 3.63) is 12.7 Å². The average Bonchev–Trinajstić information content (AvgIpc) is 3.80. The number of carbonyl (C=O) groups is 5. The Balaban J connectivity index is 1.85. The molecule has 0 radical (unpaired) electrons. The number of hydrogen-bond acceptors (Lipinski definition) is 7. The molecule has 2 saturated carbocycles. The van der Waals surface area contributed by atoms with E-state index in [1.807, 2.05) is 41.5 Å². The first-order valence-corrected chi connectivity index (χ1v) is 19.2. The second kappa shape index (κ2) is 14.7. The molecule has 0 aromatic carbocycles. The molecule has 3 fully saturated rings. The third-order valence-corrected chi connectivity index (χ3v) is 11.8. The van der Waals surface area contributed by atoms with E-state index in [9.17, 15) is 32.4 Å². The number of fused-ring (bicyclic) bond motifs is 1. The van der Waals surface area contributed by atoms with Gasteiger partial charge in [0, 0.05) is 31.7 Å². The number of sulfonamides is 1. The highest BCUT2D eigenvalue weighted by Gasteiger charge is 2.70. The molecule has 0 aromatic heterocycles. The summed E-state index contributed by atoms with van der Waals surface area (Å²) in [7, 11) is -3.56. The van der Waals surface area contributed by atoms with Crippen molar-refractivity contribution in [2.45, 2.75) is 119 Å². The fourth-order valence-corrected chi connectivity index (χ4v) is 8.18. The monoisotopic (exact) mass is 708 g/mol. The van der Waals surface area contributed by atoms with Crippen LogP contribution in [0.4, 0.5) is 4.79 Å². The highest BCUT2D eigenvalue weighted by atomic mass is 32.2. The predicted molar refractivity (Wildman–Crippen MR) is 189 cm³/mol. The van der Waals surface area contributed by atoms with Crippen molar-refractivity contribution in [2.75, 3.05) is 25.9 Å². The van der Waals surface area contributed by atoms with Crippen LogP contribution in [0.1, 0.15) is 88.5 Å². The first-order chi connectivity index (χ1) is 22.3. The number of rotatable bonds is 15. The summed E-state index contributed by atoms with van der Waals surface area (Å²) < 4.78 is 26.4. The summed E-state index contributed by atoms with van der Waals surface area (Å²) >= 11 is 0. The van der Waals surface area contributed by atoms with E-state index < -0.39 is 74.6 Å². The molecule has 0 spiro atoms. The van der Waals surface area contributed by atoms with E-state index in [0.717, 1.165) is 19.1 Å². The number of carbonyl (C=O) groups excluding carboxylic acids is 5. The molecule has 2 aliphatic carbocycles. The van der Waals surface area contributed by atoms with E-state index >= 15 is 0 Å². The van der Waals surface area contributed by atoms with Gasteiger partial charge >= 0.3 is 6.03 Å². The highest BCUT2D eigenvalue weighted by molar-refractivity contribution is 7.88.